The Balaban J connectivity index is 1.06. The van der Waals surface area contributed by atoms with Crippen LogP contribution in [0, 0.1) is 23.6 Å². The third-order valence-electron chi connectivity index (χ3n) is 12.2. The number of rotatable bonds is 9. The second-order valence-electron chi connectivity index (χ2n) is 15.9. The molecule has 2 saturated heterocycles. The molecule has 1 N–H and O–H groups in total. The maximum Gasteiger partial charge on any atom is 0.258 e. The van der Waals surface area contributed by atoms with Gasteiger partial charge in [0.25, 0.3) is 11.8 Å². The number of hydrogen-bond donors (Lipinski definition) is 1. The fourth-order valence-corrected chi connectivity index (χ4v) is 10.1. The van der Waals surface area contributed by atoms with Gasteiger partial charge in [-0.1, -0.05) is 48.0 Å². The molecule has 6 unspecified atom stereocenters. The van der Waals surface area contributed by atoms with Crippen molar-refractivity contribution in [2.24, 2.45) is 28.0 Å². The minimum atomic E-state index is -2.22. The highest BCUT2D eigenvalue weighted by molar-refractivity contribution is 6.58. The van der Waals surface area contributed by atoms with E-state index in [-0.39, 0.29) is 36.4 Å². The molecule has 2 aliphatic carbocycles. The number of allylic oxidation sites excluding steroid dienone is 2. The van der Waals surface area contributed by atoms with Gasteiger partial charge in [-0.25, -0.2) is 9.29 Å². The van der Waals surface area contributed by atoms with Crippen LogP contribution in [0.3, 0.4) is 0 Å². The normalized spacial score (nSPS) is 25.7. The molecule has 0 aromatic heterocycles. The number of carbonyl (C=O) groups excluding carboxylic acids is 4. The Kier molecular flexibility index (Phi) is 10.0. The van der Waals surface area contributed by atoms with Crippen LogP contribution in [0.5, 0.6) is 11.5 Å². The highest BCUT2D eigenvalue weighted by atomic mass is 35.5. The van der Waals surface area contributed by atoms with Gasteiger partial charge in [0.2, 0.25) is 11.8 Å². The van der Waals surface area contributed by atoms with Gasteiger partial charge >= 0.3 is 0 Å². The van der Waals surface area contributed by atoms with Crippen molar-refractivity contribution in [3.05, 3.63) is 150 Å². The molecular formula is C47H38Cl2FN5O6. The van der Waals surface area contributed by atoms with E-state index in [1.165, 1.54) is 18.2 Å². The Morgan fingerprint density at radius 2 is 1.39 bits per heavy atom. The lowest BCUT2D eigenvalue weighted by molar-refractivity contribution is -0.125. The summed E-state index contributed by atoms with van der Waals surface area (Å²) in [6.45, 7) is 0.217. The van der Waals surface area contributed by atoms with Gasteiger partial charge < -0.3 is 14.7 Å². The maximum absolute atomic E-state index is 14.7. The predicted octanol–water partition coefficient (Wildman–Crippen LogP) is 9.36. The summed E-state index contributed by atoms with van der Waals surface area (Å²) in [7, 11) is 3.89. The van der Waals surface area contributed by atoms with E-state index in [0.717, 1.165) is 33.2 Å². The highest BCUT2D eigenvalue weighted by Crippen LogP contribution is 2.66. The van der Waals surface area contributed by atoms with E-state index in [0.29, 0.717) is 28.4 Å². The van der Waals surface area contributed by atoms with Crippen LogP contribution in [0.4, 0.5) is 32.8 Å². The summed E-state index contributed by atoms with van der Waals surface area (Å²) in [6, 6.07) is 33.0. The summed E-state index contributed by atoms with van der Waals surface area (Å²) in [6.07, 6.45) is 1.64. The molecule has 3 fully saturated rings. The monoisotopic (exact) mass is 857 g/mol. The minimum Gasteiger partial charge on any atom is -0.508 e. The van der Waals surface area contributed by atoms with E-state index in [4.69, 9.17) is 27.9 Å². The summed E-state index contributed by atoms with van der Waals surface area (Å²) in [5.74, 6) is -7.05. The number of azo groups is 1. The molecular weight excluding hydrogens is 820 g/mol. The number of fused-ring (bicyclic) bond motifs is 4. The number of nitrogens with zero attached hydrogens (tertiary/aromatic N) is 5. The molecule has 11 nitrogen and oxygen atoms in total. The van der Waals surface area contributed by atoms with Crippen molar-refractivity contribution in [3.8, 4) is 11.5 Å². The lowest BCUT2D eigenvalue weighted by Gasteiger charge is -2.50. The second kappa shape index (κ2) is 15.3. The molecule has 2 aliphatic heterocycles. The zero-order valence-corrected chi connectivity index (χ0v) is 34.4. The lowest BCUT2D eigenvalue weighted by Crippen LogP contribution is -2.60. The molecule has 0 radical (unpaired) electrons. The van der Waals surface area contributed by atoms with Gasteiger partial charge in [0.05, 0.1) is 34.6 Å². The van der Waals surface area contributed by atoms with Crippen molar-refractivity contribution >= 4 is 75.3 Å². The Morgan fingerprint density at radius 3 is 2.03 bits per heavy atom. The van der Waals surface area contributed by atoms with E-state index in [2.05, 4.69) is 10.2 Å². The number of aromatic hydroxyl groups is 1. The number of imide groups is 2. The third kappa shape index (κ3) is 6.56. The van der Waals surface area contributed by atoms with Crippen LogP contribution in [0.25, 0.3) is 0 Å². The SMILES string of the molecule is CN(C)c1ccc(N=Nc2ccc(N3C(=O)C4CC=C5C(CC6(Cl)C(=O)N(c7ccc(F)cc7)C(=O)C6(Cl)C5c5ccc(OCc6ccccc6)cc5O)C4C3=O)cc2)cc1. The Bertz CT molecular complexity index is 2640. The fraction of sp³-hybridized carbons (Fsp3) is 0.234. The summed E-state index contributed by atoms with van der Waals surface area (Å²) in [5.41, 5.74) is 4.14. The van der Waals surface area contributed by atoms with E-state index in [1.807, 2.05) is 73.6 Å². The summed E-state index contributed by atoms with van der Waals surface area (Å²) in [4.78, 5) is 57.8. The van der Waals surface area contributed by atoms with Gasteiger partial charge in [0, 0.05) is 37.3 Å². The average molecular weight is 859 g/mol. The average Bonchev–Trinajstić information content (AvgIpc) is 3.60. The van der Waals surface area contributed by atoms with Gasteiger partial charge in [-0.3, -0.25) is 24.1 Å². The molecule has 61 heavy (non-hydrogen) atoms. The number of hydrogen-bond acceptors (Lipinski definition) is 9. The van der Waals surface area contributed by atoms with Crippen LogP contribution in [0.2, 0.25) is 0 Å². The Morgan fingerprint density at radius 1 is 0.770 bits per heavy atom. The molecule has 4 amide bonds. The first-order valence-electron chi connectivity index (χ1n) is 19.7. The first-order valence-corrected chi connectivity index (χ1v) is 20.4. The zero-order chi connectivity index (χ0) is 42.8. The number of benzene rings is 5. The Labute approximate surface area is 360 Å². The van der Waals surface area contributed by atoms with Crippen molar-refractivity contribution < 1.29 is 33.4 Å². The molecule has 4 aliphatic rings. The van der Waals surface area contributed by atoms with Gasteiger partial charge in [0.1, 0.15) is 23.9 Å². The molecule has 0 bridgehead atoms. The smallest absolute Gasteiger partial charge is 0.258 e. The van der Waals surface area contributed by atoms with Crippen molar-refractivity contribution in [2.75, 3.05) is 28.8 Å². The predicted molar refractivity (Wildman–Crippen MR) is 229 cm³/mol. The molecule has 6 atom stereocenters. The van der Waals surface area contributed by atoms with Crippen molar-refractivity contribution in [2.45, 2.75) is 35.1 Å². The quantitative estimate of drug-likeness (QED) is 0.0677. The molecule has 308 valence electrons. The highest BCUT2D eigenvalue weighted by Gasteiger charge is 2.77. The molecule has 0 spiro atoms. The van der Waals surface area contributed by atoms with Crippen LogP contribution in [0.15, 0.2) is 143 Å². The van der Waals surface area contributed by atoms with Gasteiger partial charge in [-0.2, -0.15) is 10.2 Å². The maximum atomic E-state index is 14.7. The van der Waals surface area contributed by atoms with Crippen LogP contribution < -0.4 is 19.4 Å². The summed E-state index contributed by atoms with van der Waals surface area (Å²) in [5, 5.41) is 20.4. The topological polar surface area (TPSA) is 132 Å². The number of carbonyl (C=O) groups is 4. The van der Waals surface area contributed by atoms with Crippen LogP contribution in [0.1, 0.15) is 29.9 Å². The number of amides is 4. The first kappa shape index (κ1) is 40.1. The number of anilines is 3. The summed E-state index contributed by atoms with van der Waals surface area (Å²) < 4.78 is 20.0. The largest absolute Gasteiger partial charge is 0.508 e. The van der Waals surface area contributed by atoms with Gasteiger partial charge in [-0.05, 0) is 103 Å². The number of phenols is 1. The van der Waals surface area contributed by atoms with E-state index < -0.39 is 62.9 Å². The molecule has 5 aromatic carbocycles. The number of ether oxygens (including phenoxy) is 1. The third-order valence-corrected chi connectivity index (χ3v) is 13.6. The van der Waals surface area contributed by atoms with E-state index in [1.54, 1.807) is 42.5 Å². The van der Waals surface area contributed by atoms with Crippen LogP contribution >= 0.6 is 23.2 Å². The zero-order valence-electron chi connectivity index (χ0n) is 32.9. The van der Waals surface area contributed by atoms with Gasteiger partial charge in [0.15, 0.2) is 9.75 Å². The van der Waals surface area contributed by atoms with E-state index in [9.17, 15) is 28.7 Å². The second-order valence-corrected chi connectivity index (χ2v) is 17.1. The molecule has 14 heteroatoms. The Hall–Kier alpha value is -6.37. The molecule has 5 aromatic rings. The minimum absolute atomic E-state index is 0.0526. The van der Waals surface area contributed by atoms with Crippen molar-refractivity contribution in [3.63, 3.8) is 0 Å². The molecule has 1 saturated carbocycles. The van der Waals surface area contributed by atoms with Crippen molar-refractivity contribution in [1.82, 2.24) is 0 Å². The number of alkyl halides is 2. The lowest BCUT2D eigenvalue weighted by atomic mass is 9.56. The van der Waals surface area contributed by atoms with Crippen molar-refractivity contribution in [1.29, 1.82) is 0 Å². The fourth-order valence-electron chi connectivity index (χ4n) is 9.20. The number of phenolic OH excluding ortho intramolecular Hbond substituents is 1. The molecule has 9 rings (SSSR count). The molecule has 2 heterocycles. The van der Waals surface area contributed by atoms with Gasteiger partial charge in [-0.15, -0.1) is 23.2 Å². The first-order chi connectivity index (χ1) is 29.3. The van der Waals surface area contributed by atoms with E-state index >= 15 is 0 Å². The van der Waals surface area contributed by atoms with Crippen LogP contribution in [-0.2, 0) is 25.8 Å². The summed E-state index contributed by atoms with van der Waals surface area (Å²) >= 11 is 15.0. The standard InChI is InChI=1S/C47H38Cl2FN5O6/c1-53(2)31-16-10-29(11-17-31)51-52-30-12-18-32(19-13-30)54-42(57)37-23-22-35-38(40(37)43(54)58)25-46(48)44(59)55(33-14-8-28(50)9-15-33)45(60)47(46,49)41(35)36-21-20-34(24-39(36)56)61-26-27-6-4-3-5-7-27/h3-22,24,37-38,40-41,56H,23,25-26H2,1-2H3. The number of halogens is 3. The van der Waals surface area contributed by atoms with Crippen LogP contribution in [-0.4, -0.2) is 52.6 Å².